The average Bonchev–Trinajstić information content (AvgIpc) is 2.36. The van der Waals surface area contributed by atoms with E-state index in [-0.39, 0.29) is 16.7 Å². The van der Waals surface area contributed by atoms with Crippen molar-refractivity contribution in [3.8, 4) is 17.0 Å². The van der Waals surface area contributed by atoms with E-state index in [2.05, 4.69) is 9.97 Å². The van der Waals surface area contributed by atoms with Crippen molar-refractivity contribution in [3.63, 3.8) is 0 Å². The van der Waals surface area contributed by atoms with Crippen LogP contribution < -0.4 is 4.74 Å². The Bertz CT molecular complexity index is 647. The van der Waals surface area contributed by atoms with E-state index in [0.717, 1.165) is 0 Å². The van der Waals surface area contributed by atoms with Crippen LogP contribution in [0.4, 0.5) is 4.39 Å². The fourth-order valence-electron chi connectivity index (χ4n) is 1.70. The molecule has 2 rings (SSSR count). The first-order chi connectivity index (χ1) is 9.40. The third kappa shape index (κ3) is 3.02. The van der Waals surface area contributed by atoms with Gasteiger partial charge in [0, 0.05) is 5.56 Å². The van der Waals surface area contributed by atoms with E-state index >= 15 is 0 Å². The van der Waals surface area contributed by atoms with Gasteiger partial charge in [-0.1, -0.05) is 23.2 Å². The summed E-state index contributed by atoms with van der Waals surface area (Å²) in [6.07, 6.45) is 1.27. The molecule has 106 valence electrons. The van der Waals surface area contributed by atoms with E-state index in [0.29, 0.717) is 22.2 Å². The van der Waals surface area contributed by atoms with Gasteiger partial charge in [-0.05, 0) is 32.9 Å². The molecule has 0 radical (unpaired) electrons. The molecule has 20 heavy (non-hydrogen) atoms. The molecular formula is C14H13Cl2FN2O. The molecule has 0 bridgehead atoms. The minimum absolute atomic E-state index is 0.0755. The second-order valence-electron chi connectivity index (χ2n) is 4.55. The molecule has 3 nitrogen and oxygen atoms in total. The maximum Gasteiger partial charge on any atom is 0.139 e. The van der Waals surface area contributed by atoms with Gasteiger partial charge in [-0.3, -0.25) is 0 Å². The minimum Gasteiger partial charge on any atom is -0.489 e. The summed E-state index contributed by atoms with van der Waals surface area (Å²) in [6.45, 7) is 5.45. The summed E-state index contributed by atoms with van der Waals surface area (Å²) in [5.74, 6) is -0.114. The van der Waals surface area contributed by atoms with Crippen molar-refractivity contribution in [3.05, 3.63) is 40.0 Å². The van der Waals surface area contributed by atoms with Crippen molar-refractivity contribution in [1.29, 1.82) is 0 Å². The SMILES string of the molecule is Cc1ncnc(-c2cc(OC(C)C)c(Cl)cc2F)c1Cl. The van der Waals surface area contributed by atoms with Crippen molar-refractivity contribution in [2.75, 3.05) is 0 Å². The molecule has 0 saturated heterocycles. The van der Waals surface area contributed by atoms with E-state index in [4.69, 9.17) is 27.9 Å². The van der Waals surface area contributed by atoms with Gasteiger partial charge in [0.15, 0.2) is 0 Å². The predicted octanol–water partition coefficient (Wildman–Crippen LogP) is 4.69. The second-order valence-corrected chi connectivity index (χ2v) is 5.34. The Morgan fingerprint density at radius 1 is 1.20 bits per heavy atom. The fraction of sp³-hybridized carbons (Fsp3) is 0.286. The third-order valence-electron chi connectivity index (χ3n) is 2.60. The predicted molar refractivity (Wildman–Crippen MR) is 77.9 cm³/mol. The van der Waals surface area contributed by atoms with Gasteiger partial charge in [0.1, 0.15) is 17.9 Å². The molecule has 0 amide bonds. The standard InChI is InChI=1S/C14H13Cl2FN2O/c1-7(2)20-12-4-9(11(17)5-10(12)15)14-13(16)8(3)18-6-19-14/h4-7H,1-3H3. The lowest BCUT2D eigenvalue weighted by Crippen LogP contribution is -2.06. The number of aromatic nitrogens is 2. The quantitative estimate of drug-likeness (QED) is 0.824. The Labute approximate surface area is 126 Å². The Hall–Kier alpha value is -1.39. The van der Waals surface area contributed by atoms with Crippen LogP contribution in [0, 0.1) is 12.7 Å². The summed E-state index contributed by atoms with van der Waals surface area (Å²) in [4.78, 5) is 8.00. The summed E-state index contributed by atoms with van der Waals surface area (Å²) >= 11 is 12.1. The van der Waals surface area contributed by atoms with Crippen LogP contribution in [0.25, 0.3) is 11.3 Å². The van der Waals surface area contributed by atoms with Gasteiger partial charge in [0.05, 0.1) is 27.5 Å². The third-order valence-corrected chi connectivity index (χ3v) is 3.35. The van der Waals surface area contributed by atoms with Crippen LogP contribution in [0.15, 0.2) is 18.5 Å². The van der Waals surface area contributed by atoms with Crippen LogP contribution in [0.3, 0.4) is 0 Å². The van der Waals surface area contributed by atoms with E-state index < -0.39 is 5.82 Å². The van der Waals surface area contributed by atoms with E-state index in [1.165, 1.54) is 18.5 Å². The lowest BCUT2D eigenvalue weighted by atomic mass is 10.1. The monoisotopic (exact) mass is 314 g/mol. The number of nitrogens with zero attached hydrogens (tertiary/aromatic N) is 2. The van der Waals surface area contributed by atoms with Gasteiger partial charge < -0.3 is 4.74 Å². The molecule has 6 heteroatoms. The van der Waals surface area contributed by atoms with Crippen LogP contribution in [0.5, 0.6) is 5.75 Å². The van der Waals surface area contributed by atoms with Crippen molar-refractivity contribution in [2.24, 2.45) is 0 Å². The number of aryl methyl sites for hydroxylation is 1. The van der Waals surface area contributed by atoms with Gasteiger partial charge >= 0.3 is 0 Å². The minimum atomic E-state index is -0.508. The molecule has 2 aromatic rings. The average molecular weight is 315 g/mol. The normalized spacial score (nSPS) is 10.9. The zero-order chi connectivity index (χ0) is 14.9. The topological polar surface area (TPSA) is 35.0 Å². The number of halogens is 3. The number of benzene rings is 1. The Morgan fingerprint density at radius 2 is 1.90 bits per heavy atom. The summed E-state index contributed by atoms with van der Waals surface area (Å²) < 4.78 is 19.7. The summed E-state index contributed by atoms with van der Waals surface area (Å²) in [7, 11) is 0. The number of ether oxygens (including phenoxy) is 1. The molecule has 0 unspecified atom stereocenters. The molecule has 1 aromatic heterocycles. The zero-order valence-corrected chi connectivity index (χ0v) is 12.8. The molecule has 0 aliphatic heterocycles. The molecule has 0 N–H and O–H groups in total. The second kappa shape index (κ2) is 5.94. The van der Waals surface area contributed by atoms with Gasteiger partial charge in [0.25, 0.3) is 0 Å². The van der Waals surface area contributed by atoms with Crippen LogP contribution in [-0.4, -0.2) is 16.1 Å². The highest BCUT2D eigenvalue weighted by atomic mass is 35.5. The Kier molecular flexibility index (Phi) is 4.45. The molecule has 0 aliphatic carbocycles. The molecular weight excluding hydrogens is 302 g/mol. The molecule has 0 atom stereocenters. The van der Waals surface area contributed by atoms with Crippen LogP contribution >= 0.6 is 23.2 Å². The lowest BCUT2D eigenvalue weighted by Gasteiger charge is -2.14. The first-order valence-electron chi connectivity index (χ1n) is 6.03. The van der Waals surface area contributed by atoms with Crippen molar-refractivity contribution in [1.82, 2.24) is 9.97 Å². The highest BCUT2D eigenvalue weighted by molar-refractivity contribution is 6.34. The molecule has 0 saturated carbocycles. The molecule has 0 spiro atoms. The summed E-state index contributed by atoms with van der Waals surface area (Å²) in [5, 5.41) is 0.520. The number of hydrogen-bond donors (Lipinski definition) is 0. The van der Waals surface area contributed by atoms with Crippen LogP contribution in [0.2, 0.25) is 10.0 Å². The van der Waals surface area contributed by atoms with Gasteiger partial charge in [-0.15, -0.1) is 0 Å². The summed E-state index contributed by atoms with van der Waals surface area (Å²) in [5.41, 5.74) is 1.14. The largest absolute Gasteiger partial charge is 0.489 e. The highest BCUT2D eigenvalue weighted by Crippen LogP contribution is 2.36. The molecule has 1 heterocycles. The van der Waals surface area contributed by atoms with Crippen LogP contribution in [0.1, 0.15) is 19.5 Å². The first-order valence-corrected chi connectivity index (χ1v) is 6.79. The van der Waals surface area contributed by atoms with Gasteiger partial charge in [0.2, 0.25) is 0 Å². The maximum absolute atomic E-state index is 14.1. The Balaban J connectivity index is 2.59. The van der Waals surface area contributed by atoms with Crippen molar-refractivity contribution < 1.29 is 9.13 Å². The zero-order valence-electron chi connectivity index (χ0n) is 11.2. The lowest BCUT2D eigenvalue weighted by molar-refractivity contribution is 0.242. The Morgan fingerprint density at radius 3 is 2.55 bits per heavy atom. The van der Waals surface area contributed by atoms with Gasteiger partial charge in [-0.25, -0.2) is 14.4 Å². The van der Waals surface area contributed by atoms with Gasteiger partial charge in [-0.2, -0.15) is 0 Å². The molecule has 1 aromatic carbocycles. The van der Waals surface area contributed by atoms with Crippen LogP contribution in [-0.2, 0) is 0 Å². The highest BCUT2D eigenvalue weighted by Gasteiger charge is 2.17. The smallest absolute Gasteiger partial charge is 0.139 e. The van der Waals surface area contributed by atoms with E-state index in [1.807, 2.05) is 13.8 Å². The molecule has 0 aliphatic rings. The molecule has 0 fully saturated rings. The van der Waals surface area contributed by atoms with E-state index in [1.54, 1.807) is 6.92 Å². The first kappa shape index (κ1) is 15.0. The van der Waals surface area contributed by atoms with Crippen molar-refractivity contribution in [2.45, 2.75) is 26.9 Å². The summed E-state index contributed by atoms with van der Waals surface area (Å²) in [6, 6.07) is 2.70. The fourth-order valence-corrected chi connectivity index (χ4v) is 2.09. The number of hydrogen-bond acceptors (Lipinski definition) is 3. The maximum atomic E-state index is 14.1. The number of rotatable bonds is 3. The van der Waals surface area contributed by atoms with E-state index in [9.17, 15) is 4.39 Å². The van der Waals surface area contributed by atoms with Crippen molar-refractivity contribution >= 4 is 23.2 Å².